The van der Waals surface area contributed by atoms with Crippen LogP contribution in [0.1, 0.15) is 6.85 Å². The minimum Gasteiger partial charge on any atom is -0.478 e. The quantitative estimate of drug-likeness (QED) is 0.624. The number of aromatic nitrogens is 3. The number of carbonyl (C=O) groups excluding carboxylic acids is 1. The van der Waals surface area contributed by atoms with Crippen LogP contribution in [0.5, 0.6) is 5.75 Å². The molecule has 0 aliphatic carbocycles. The Kier molecular flexibility index (Phi) is 3.86. The van der Waals surface area contributed by atoms with Crippen molar-refractivity contribution >= 4 is 51.5 Å². The van der Waals surface area contributed by atoms with Crippen molar-refractivity contribution in [2.24, 2.45) is 7.05 Å². The number of hydrogen-bond acceptors (Lipinski definition) is 6. The van der Waals surface area contributed by atoms with E-state index in [4.69, 9.17) is 34.8 Å². The Bertz CT molecular complexity index is 1270. The number of aryl methyl sites for hydroxylation is 1. The molecule has 0 unspecified atom stereocenters. The third kappa shape index (κ3) is 4.12. The highest BCUT2D eigenvalue weighted by atomic mass is 35.5. The third-order valence-corrected chi connectivity index (χ3v) is 3.99. The van der Waals surface area contributed by atoms with Crippen molar-refractivity contribution in [2.45, 2.75) is 0 Å². The fourth-order valence-corrected chi connectivity index (χ4v) is 2.57. The van der Waals surface area contributed by atoms with Crippen LogP contribution in [0.25, 0.3) is 10.9 Å². The Labute approximate surface area is 171 Å². The van der Waals surface area contributed by atoms with E-state index in [1.54, 1.807) is 18.2 Å². The number of halogens is 2. The first-order valence-electron chi connectivity index (χ1n) is 9.87. The summed E-state index contributed by atoms with van der Waals surface area (Å²) in [6.07, 6.45) is 1.32. The lowest BCUT2D eigenvalue weighted by atomic mass is 10.2. The van der Waals surface area contributed by atoms with Gasteiger partial charge in [0, 0.05) is 29.2 Å². The van der Waals surface area contributed by atoms with Gasteiger partial charge in [0.1, 0.15) is 5.02 Å². The minimum atomic E-state index is -3.12. The molecule has 1 amide bonds. The summed E-state index contributed by atoms with van der Waals surface area (Å²) < 4.78 is 42.7. The Balaban J connectivity index is 1.98. The van der Waals surface area contributed by atoms with Crippen molar-refractivity contribution in [3.8, 4) is 5.75 Å². The molecule has 10 heteroatoms. The highest BCUT2D eigenvalue weighted by Gasteiger charge is 2.11. The van der Waals surface area contributed by atoms with Gasteiger partial charge < -0.3 is 19.9 Å². The zero-order valence-electron chi connectivity index (χ0n) is 18.7. The summed E-state index contributed by atoms with van der Waals surface area (Å²) in [7, 11) is 1.43. The number of likely N-dealkylation sites (N-methyl/N-ethyl adjacent to an activating group) is 1. The molecule has 8 nitrogen and oxygen atoms in total. The molecule has 0 atom stereocenters. The number of pyridine rings is 1. The molecule has 3 aromatic rings. The Morgan fingerprint density at radius 3 is 3.00 bits per heavy atom. The second-order valence-corrected chi connectivity index (χ2v) is 6.01. The van der Waals surface area contributed by atoms with E-state index in [9.17, 15) is 9.59 Å². The average Bonchev–Trinajstić information content (AvgIpc) is 2.67. The maximum Gasteiger partial charge on any atom is 0.293 e. The predicted molar refractivity (Wildman–Crippen MR) is 104 cm³/mol. The summed E-state index contributed by atoms with van der Waals surface area (Å²) in [6, 6.07) is 6.11. The van der Waals surface area contributed by atoms with Gasteiger partial charge >= 0.3 is 0 Å². The van der Waals surface area contributed by atoms with Crippen LogP contribution in [0.4, 0.5) is 11.5 Å². The Morgan fingerprint density at radius 2 is 2.22 bits per heavy atom. The van der Waals surface area contributed by atoms with Crippen LogP contribution in [-0.4, -0.2) is 34.0 Å². The summed E-state index contributed by atoms with van der Waals surface area (Å²) in [4.78, 5) is 32.3. The van der Waals surface area contributed by atoms with Crippen molar-refractivity contribution in [1.29, 1.82) is 0 Å². The van der Waals surface area contributed by atoms with Gasteiger partial charge in [0.15, 0.2) is 18.1 Å². The number of rotatable bonds is 5. The molecule has 3 rings (SSSR count). The van der Waals surface area contributed by atoms with Crippen LogP contribution in [-0.2, 0) is 11.8 Å². The number of amides is 1. The van der Waals surface area contributed by atoms with E-state index in [0.717, 1.165) is 0 Å². The number of nitrogens with one attached hydrogen (secondary N) is 2. The molecule has 0 bridgehead atoms. The lowest BCUT2D eigenvalue weighted by molar-refractivity contribution is -0.122. The lowest BCUT2D eigenvalue weighted by Crippen LogP contribution is -2.27. The summed E-state index contributed by atoms with van der Waals surface area (Å²) in [6.45, 7) is -6.04. The van der Waals surface area contributed by atoms with Crippen molar-refractivity contribution in [3.63, 3.8) is 0 Å². The minimum absolute atomic E-state index is 0.0201. The standard InChI is InChI=1S/C17H15Cl2N5O3/c1-20-14(25)8-27-13-6-9-5-10(3-4-12(9)24(2)16(13)26)22-15-11(18)7-21-17(19)23-15/h3-7H,8H2,1-2H3,(H,20,25)(H,21,22,23)/i1D3,8D2. The normalized spacial score (nSPS) is 14.4. The van der Waals surface area contributed by atoms with Crippen molar-refractivity contribution in [2.75, 3.05) is 18.9 Å². The van der Waals surface area contributed by atoms with Crippen LogP contribution in [0, 0.1) is 0 Å². The number of fused-ring (bicyclic) bond motifs is 1. The first-order valence-corrected chi connectivity index (χ1v) is 8.13. The molecule has 140 valence electrons. The van der Waals surface area contributed by atoms with Gasteiger partial charge in [-0.15, -0.1) is 0 Å². The largest absolute Gasteiger partial charge is 0.478 e. The highest BCUT2D eigenvalue weighted by Crippen LogP contribution is 2.26. The first-order chi connectivity index (χ1) is 14.8. The fraction of sp³-hybridized carbons (Fsp3) is 0.176. The van der Waals surface area contributed by atoms with Crippen LogP contribution >= 0.6 is 23.2 Å². The molecule has 2 N–H and O–H groups in total. The van der Waals surface area contributed by atoms with Crippen molar-refractivity contribution in [3.05, 3.63) is 51.1 Å². The molecule has 0 aliphatic heterocycles. The molecule has 0 radical (unpaired) electrons. The number of benzene rings is 1. The molecule has 27 heavy (non-hydrogen) atoms. The monoisotopic (exact) mass is 412 g/mol. The summed E-state index contributed by atoms with van der Waals surface area (Å²) in [5, 5.41) is 5.09. The molecule has 0 saturated carbocycles. The lowest BCUT2D eigenvalue weighted by Gasteiger charge is -2.12. The van der Waals surface area contributed by atoms with Crippen LogP contribution in [0.2, 0.25) is 10.3 Å². The smallest absolute Gasteiger partial charge is 0.293 e. The Hall–Kier alpha value is -2.84. The number of nitrogens with zero attached hydrogens (tertiary/aromatic N) is 3. The van der Waals surface area contributed by atoms with Gasteiger partial charge in [-0.1, -0.05) is 11.6 Å². The molecule has 0 aliphatic rings. The fourth-order valence-electron chi connectivity index (χ4n) is 2.30. The SMILES string of the molecule is [2H]C([2H])([2H])NC(=O)C([2H])([2H])Oc1cc2cc(Nc3nc(Cl)ncc3Cl)ccc2n(C)c1=O. The second kappa shape index (κ2) is 7.81. The van der Waals surface area contributed by atoms with Crippen molar-refractivity contribution in [1.82, 2.24) is 19.9 Å². The molecule has 0 saturated heterocycles. The van der Waals surface area contributed by atoms with Crippen molar-refractivity contribution < 1.29 is 16.4 Å². The van der Waals surface area contributed by atoms with Gasteiger partial charge in [-0.3, -0.25) is 9.59 Å². The number of hydrogen-bond donors (Lipinski definition) is 2. The van der Waals surface area contributed by atoms with Gasteiger partial charge in [-0.2, -0.15) is 4.98 Å². The first kappa shape index (κ1) is 13.3. The molecular formula is C17H15Cl2N5O3. The zero-order valence-corrected chi connectivity index (χ0v) is 15.2. The van der Waals surface area contributed by atoms with Crippen LogP contribution in [0.3, 0.4) is 0 Å². The van der Waals surface area contributed by atoms with Gasteiger partial charge in [0.25, 0.3) is 11.5 Å². The summed E-state index contributed by atoms with van der Waals surface area (Å²) in [5.41, 5.74) is 0.253. The summed E-state index contributed by atoms with van der Waals surface area (Å²) >= 11 is 11.8. The van der Waals surface area contributed by atoms with E-state index in [2.05, 4.69) is 15.3 Å². The second-order valence-electron chi connectivity index (χ2n) is 5.27. The maximum absolute atomic E-state index is 12.6. The maximum atomic E-state index is 12.6. The van der Waals surface area contributed by atoms with E-state index in [1.165, 1.54) is 29.2 Å². The van der Waals surface area contributed by atoms with Gasteiger partial charge in [-0.05, 0) is 35.9 Å². The molecule has 2 aromatic heterocycles. The van der Waals surface area contributed by atoms with E-state index >= 15 is 0 Å². The number of carbonyl (C=O) groups is 1. The van der Waals surface area contributed by atoms with E-state index < -0.39 is 30.8 Å². The third-order valence-electron chi connectivity index (χ3n) is 3.54. The molecule has 0 spiro atoms. The van der Waals surface area contributed by atoms with E-state index in [1.807, 2.05) is 0 Å². The zero-order chi connectivity index (χ0) is 23.8. The molecule has 0 fully saturated rings. The molecule has 1 aromatic carbocycles. The summed E-state index contributed by atoms with van der Waals surface area (Å²) in [5.74, 6) is -1.80. The average molecular weight is 413 g/mol. The van der Waals surface area contributed by atoms with E-state index in [0.29, 0.717) is 16.6 Å². The van der Waals surface area contributed by atoms with Crippen LogP contribution in [0.15, 0.2) is 35.3 Å². The topological polar surface area (TPSA) is 98.1 Å². The van der Waals surface area contributed by atoms with Crippen LogP contribution < -0.4 is 20.9 Å². The van der Waals surface area contributed by atoms with E-state index in [-0.39, 0.29) is 16.1 Å². The Morgan fingerprint density at radius 1 is 1.41 bits per heavy atom. The van der Waals surface area contributed by atoms with Gasteiger partial charge in [0.2, 0.25) is 5.28 Å². The molecule has 2 heterocycles. The number of ether oxygens (including phenoxy) is 1. The van der Waals surface area contributed by atoms with Gasteiger partial charge in [0.05, 0.1) is 14.5 Å². The number of anilines is 2. The molecular weight excluding hydrogens is 393 g/mol. The van der Waals surface area contributed by atoms with Gasteiger partial charge in [-0.25, -0.2) is 4.98 Å². The predicted octanol–water partition coefficient (Wildman–Crippen LogP) is 2.50. The highest BCUT2D eigenvalue weighted by molar-refractivity contribution is 6.33.